The lowest BCUT2D eigenvalue weighted by Gasteiger charge is -2.17. The van der Waals surface area contributed by atoms with Crippen molar-refractivity contribution in [3.05, 3.63) is 35.4 Å². The van der Waals surface area contributed by atoms with E-state index in [9.17, 15) is 0 Å². The minimum Gasteiger partial charge on any atom is -0.192 e. The van der Waals surface area contributed by atoms with E-state index in [0.717, 1.165) is 5.56 Å². The first-order valence-corrected chi connectivity index (χ1v) is 3.96. The van der Waals surface area contributed by atoms with Crippen LogP contribution >= 0.6 is 0 Å². The maximum absolute atomic E-state index is 8.56. The van der Waals surface area contributed by atoms with Gasteiger partial charge in [-0.2, -0.15) is 5.26 Å². The van der Waals surface area contributed by atoms with E-state index in [-0.39, 0.29) is 5.41 Å². The van der Waals surface area contributed by atoms with Crippen LogP contribution < -0.4 is 0 Å². The lowest BCUT2D eigenvalue weighted by Crippen LogP contribution is -2.10. The second kappa shape index (κ2) is 2.98. The zero-order valence-corrected chi connectivity index (χ0v) is 7.68. The largest absolute Gasteiger partial charge is 0.192 e. The van der Waals surface area contributed by atoms with Gasteiger partial charge in [0.1, 0.15) is 0 Å². The summed E-state index contributed by atoms with van der Waals surface area (Å²) in [6.07, 6.45) is 0. The van der Waals surface area contributed by atoms with Crippen molar-refractivity contribution >= 4 is 0 Å². The number of rotatable bonds is 0. The van der Waals surface area contributed by atoms with Crippen molar-refractivity contribution in [1.82, 2.24) is 0 Å². The predicted octanol–water partition coefficient (Wildman–Crippen LogP) is 2.66. The fourth-order valence-corrected chi connectivity index (χ4v) is 0.961. The fraction of sp³-hybridized carbons (Fsp3) is 0.364. The molecule has 0 saturated heterocycles. The first-order chi connectivity index (χ1) is 5.54. The van der Waals surface area contributed by atoms with Gasteiger partial charge in [-0.3, -0.25) is 0 Å². The first kappa shape index (κ1) is 8.80. The third-order valence-corrected chi connectivity index (χ3v) is 1.75. The lowest BCUT2D eigenvalue weighted by atomic mass is 9.87. The molecule has 0 atom stereocenters. The third-order valence-electron chi connectivity index (χ3n) is 1.75. The molecule has 0 amide bonds. The van der Waals surface area contributed by atoms with Crippen LogP contribution in [-0.2, 0) is 5.41 Å². The van der Waals surface area contributed by atoms with Crippen LogP contribution in [0.4, 0.5) is 0 Å². The molecule has 0 unspecified atom stereocenters. The van der Waals surface area contributed by atoms with E-state index in [1.807, 2.05) is 12.1 Å². The Morgan fingerprint density at radius 3 is 2.33 bits per heavy atom. The summed E-state index contributed by atoms with van der Waals surface area (Å²) in [5, 5.41) is 8.56. The Kier molecular flexibility index (Phi) is 2.19. The summed E-state index contributed by atoms with van der Waals surface area (Å²) < 4.78 is 0. The predicted molar refractivity (Wildman–Crippen MR) is 48.7 cm³/mol. The number of nitrogens with zero attached hydrogens (tertiary/aromatic N) is 1. The molecule has 0 heterocycles. The molecular weight excluding hydrogens is 146 g/mol. The van der Waals surface area contributed by atoms with Gasteiger partial charge in [0.05, 0.1) is 11.6 Å². The molecule has 12 heavy (non-hydrogen) atoms. The van der Waals surface area contributed by atoms with Crippen LogP contribution in [-0.4, -0.2) is 0 Å². The minimum atomic E-state index is 0.119. The number of hydrogen-bond acceptors (Lipinski definition) is 1. The fourth-order valence-electron chi connectivity index (χ4n) is 0.961. The van der Waals surface area contributed by atoms with Crippen LogP contribution in [0.1, 0.15) is 31.9 Å². The first-order valence-electron chi connectivity index (χ1n) is 3.96. The second-order valence-corrected chi connectivity index (χ2v) is 3.85. The van der Waals surface area contributed by atoms with Gasteiger partial charge in [-0.1, -0.05) is 26.8 Å². The van der Waals surface area contributed by atoms with E-state index in [1.54, 1.807) is 6.07 Å². The zero-order chi connectivity index (χ0) is 9.19. The van der Waals surface area contributed by atoms with Gasteiger partial charge >= 0.3 is 0 Å². The number of benzene rings is 1. The summed E-state index contributed by atoms with van der Waals surface area (Å²) in [4.78, 5) is 0. The van der Waals surface area contributed by atoms with Crippen LogP contribution in [0.15, 0.2) is 18.2 Å². The Hall–Kier alpha value is -1.29. The standard InChI is InChI=1S/C11H12N/c1-11(2,3)10-6-4-9(8-12)5-7-10/h4-6H,1-3H3. The van der Waals surface area contributed by atoms with Crippen molar-refractivity contribution in [2.75, 3.05) is 0 Å². The second-order valence-electron chi connectivity index (χ2n) is 3.85. The van der Waals surface area contributed by atoms with E-state index < -0.39 is 0 Å². The number of hydrogen-bond donors (Lipinski definition) is 0. The third kappa shape index (κ3) is 1.85. The Morgan fingerprint density at radius 2 is 2.00 bits per heavy atom. The highest BCUT2D eigenvalue weighted by molar-refractivity contribution is 5.33. The van der Waals surface area contributed by atoms with Gasteiger partial charge in [0.25, 0.3) is 0 Å². The molecule has 1 rings (SSSR count). The summed E-state index contributed by atoms with van der Waals surface area (Å²) in [5.41, 5.74) is 1.93. The van der Waals surface area contributed by atoms with Gasteiger partial charge < -0.3 is 0 Å². The molecule has 61 valence electrons. The van der Waals surface area contributed by atoms with Crippen LogP contribution in [0.5, 0.6) is 0 Å². The summed E-state index contributed by atoms with van der Waals surface area (Å²) in [5.74, 6) is 0. The molecule has 1 heteroatoms. The Labute approximate surface area is 73.6 Å². The maximum Gasteiger partial charge on any atom is 0.0991 e. The molecule has 1 nitrogen and oxygen atoms in total. The summed E-state index contributed by atoms with van der Waals surface area (Å²) in [7, 11) is 0. The van der Waals surface area contributed by atoms with Crippen molar-refractivity contribution in [2.45, 2.75) is 26.2 Å². The van der Waals surface area contributed by atoms with Crippen molar-refractivity contribution in [2.24, 2.45) is 0 Å². The summed E-state index contributed by atoms with van der Waals surface area (Å²) in [6, 6.07) is 10.7. The van der Waals surface area contributed by atoms with Gasteiger partial charge in [0.15, 0.2) is 0 Å². The van der Waals surface area contributed by atoms with Gasteiger partial charge in [0, 0.05) is 0 Å². The van der Waals surface area contributed by atoms with Crippen molar-refractivity contribution in [3.63, 3.8) is 0 Å². The molecular formula is C11H12N. The molecule has 0 fully saturated rings. The lowest BCUT2D eigenvalue weighted by molar-refractivity contribution is 0.589. The molecule has 0 bridgehead atoms. The Bertz CT molecular complexity index is 295. The van der Waals surface area contributed by atoms with Crippen LogP contribution in [0.25, 0.3) is 0 Å². The highest BCUT2D eigenvalue weighted by atomic mass is 14.2. The Balaban J connectivity index is 3.02. The highest BCUT2D eigenvalue weighted by Gasteiger charge is 2.12. The quantitative estimate of drug-likeness (QED) is 0.569. The van der Waals surface area contributed by atoms with Gasteiger partial charge in [-0.05, 0) is 29.2 Å². The normalized spacial score (nSPS) is 10.8. The molecule has 0 aliphatic carbocycles. The van der Waals surface area contributed by atoms with E-state index in [1.165, 1.54) is 0 Å². The van der Waals surface area contributed by atoms with E-state index in [0.29, 0.717) is 5.56 Å². The maximum atomic E-state index is 8.56. The molecule has 1 aromatic carbocycles. The molecule has 0 aliphatic heterocycles. The molecule has 0 aromatic heterocycles. The summed E-state index contributed by atoms with van der Waals surface area (Å²) in [6.45, 7) is 6.39. The van der Waals surface area contributed by atoms with Crippen molar-refractivity contribution < 1.29 is 0 Å². The van der Waals surface area contributed by atoms with Crippen molar-refractivity contribution in [1.29, 1.82) is 5.26 Å². The Morgan fingerprint density at radius 1 is 1.33 bits per heavy atom. The molecule has 0 aliphatic rings. The monoisotopic (exact) mass is 158 g/mol. The topological polar surface area (TPSA) is 23.8 Å². The zero-order valence-electron chi connectivity index (χ0n) is 7.68. The van der Waals surface area contributed by atoms with Gasteiger partial charge in [-0.25, -0.2) is 0 Å². The highest BCUT2D eigenvalue weighted by Crippen LogP contribution is 2.21. The average molecular weight is 158 g/mol. The molecule has 0 spiro atoms. The van der Waals surface area contributed by atoms with Crippen LogP contribution in [0.3, 0.4) is 0 Å². The van der Waals surface area contributed by atoms with E-state index >= 15 is 0 Å². The SMILES string of the molecule is CC(C)(C)c1[c]cc(C#N)cc1. The van der Waals surface area contributed by atoms with Crippen molar-refractivity contribution in [3.8, 4) is 6.07 Å². The molecule has 1 aromatic rings. The smallest absolute Gasteiger partial charge is 0.0991 e. The van der Waals surface area contributed by atoms with E-state index in [4.69, 9.17) is 5.26 Å². The molecule has 0 saturated carbocycles. The number of nitriles is 1. The van der Waals surface area contributed by atoms with E-state index in [2.05, 4.69) is 32.9 Å². The van der Waals surface area contributed by atoms with Crippen LogP contribution in [0, 0.1) is 17.4 Å². The van der Waals surface area contributed by atoms with Gasteiger partial charge in [0.2, 0.25) is 0 Å². The molecule has 1 radical (unpaired) electrons. The van der Waals surface area contributed by atoms with Gasteiger partial charge in [-0.15, -0.1) is 0 Å². The summed E-state index contributed by atoms with van der Waals surface area (Å²) >= 11 is 0. The average Bonchev–Trinajstić information content (AvgIpc) is 2.03. The minimum absolute atomic E-state index is 0.119. The van der Waals surface area contributed by atoms with Crippen LogP contribution in [0.2, 0.25) is 0 Å². The molecule has 0 N–H and O–H groups in total.